The molecule has 4 heteroatoms. The van der Waals surface area contributed by atoms with Crippen LogP contribution in [0.4, 0.5) is 4.39 Å². The smallest absolute Gasteiger partial charge is 0.214 e. The predicted octanol–water partition coefficient (Wildman–Crippen LogP) is 2.76. The van der Waals surface area contributed by atoms with Crippen molar-refractivity contribution in [2.75, 3.05) is 6.61 Å². The standard InChI is InChI=1S/C12H15FN2O/c1-8(2)9(3)7-16-11-4-5-12(13)15-10(11)6-14/h4-5,8-9H,7H2,1-3H3. The van der Waals surface area contributed by atoms with Crippen LogP contribution in [0.1, 0.15) is 26.5 Å². The number of halogens is 1. The van der Waals surface area contributed by atoms with Gasteiger partial charge in [-0.25, -0.2) is 4.98 Å². The second-order valence-electron chi connectivity index (χ2n) is 4.12. The van der Waals surface area contributed by atoms with Crippen LogP contribution in [0.2, 0.25) is 0 Å². The van der Waals surface area contributed by atoms with E-state index in [1.807, 2.05) is 6.07 Å². The van der Waals surface area contributed by atoms with Crippen LogP contribution < -0.4 is 4.74 Å². The van der Waals surface area contributed by atoms with Crippen molar-refractivity contribution >= 4 is 0 Å². The normalized spacial score (nSPS) is 12.2. The van der Waals surface area contributed by atoms with E-state index >= 15 is 0 Å². The molecule has 16 heavy (non-hydrogen) atoms. The first-order valence-electron chi connectivity index (χ1n) is 5.24. The fraction of sp³-hybridized carbons (Fsp3) is 0.500. The van der Waals surface area contributed by atoms with Crippen molar-refractivity contribution in [3.8, 4) is 11.8 Å². The van der Waals surface area contributed by atoms with Gasteiger partial charge in [0, 0.05) is 0 Å². The lowest BCUT2D eigenvalue weighted by molar-refractivity contribution is 0.222. The van der Waals surface area contributed by atoms with E-state index < -0.39 is 5.95 Å². The fourth-order valence-corrected chi connectivity index (χ4v) is 1.03. The summed E-state index contributed by atoms with van der Waals surface area (Å²) in [6.07, 6.45) is 0. The summed E-state index contributed by atoms with van der Waals surface area (Å²) in [5.74, 6) is 0.549. The molecule has 0 amide bonds. The summed E-state index contributed by atoms with van der Waals surface area (Å²) in [6, 6.07) is 4.44. The average molecular weight is 222 g/mol. The Labute approximate surface area is 94.9 Å². The van der Waals surface area contributed by atoms with Gasteiger partial charge in [0.05, 0.1) is 6.61 Å². The van der Waals surface area contributed by atoms with Crippen LogP contribution >= 0.6 is 0 Å². The highest BCUT2D eigenvalue weighted by Crippen LogP contribution is 2.18. The van der Waals surface area contributed by atoms with Crippen LogP contribution in [0.3, 0.4) is 0 Å². The SMILES string of the molecule is CC(C)C(C)COc1ccc(F)nc1C#N. The zero-order valence-corrected chi connectivity index (χ0v) is 9.70. The second kappa shape index (κ2) is 5.45. The molecule has 0 aromatic carbocycles. The largest absolute Gasteiger partial charge is 0.490 e. The van der Waals surface area contributed by atoms with Crippen molar-refractivity contribution in [1.82, 2.24) is 4.98 Å². The Bertz CT molecular complexity index is 398. The first-order chi connectivity index (χ1) is 7.54. The molecule has 1 aromatic heterocycles. The summed E-state index contributed by atoms with van der Waals surface area (Å²) in [5.41, 5.74) is -0.00374. The van der Waals surface area contributed by atoms with E-state index in [0.717, 1.165) is 0 Å². The Morgan fingerprint density at radius 2 is 2.12 bits per heavy atom. The molecule has 1 unspecified atom stereocenters. The number of rotatable bonds is 4. The zero-order valence-electron chi connectivity index (χ0n) is 9.70. The van der Waals surface area contributed by atoms with Crippen molar-refractivity contribution in [3.05, 3.63) is 23.8 Å². The van der Waals surface area contributed by atoms with Crippen molar-refractivity contribution in [2.45, 2.75) is 20.8 Å². The molecule has 3 nitrogen and oxygen atoms in total. The molecule has 86 valence electrons. The Balaban J connectivity index is 2.71. The maximum absolute atomic E-state index is 12.7. The zero-order chi connectivity index (χ0) is 12.1. The predicted molar refractivity (Wildman–Crippen MR) is 58.4 cm³/mol. The summed E-state index contributed by atoms with van der Waals surface area (Å²) in [6.45, 7) is 6.76. The Morgan fingerprint density at radius 1 is 1.44 bits per heavy atom. The minimum atomic E-state index is -0.666. The van der Waals surface area contributed by atoms with Crippen LogP contribution in [0.5, 0.6) is 5.75 Å². The molecule has 0 saturated carbocycles. The maximum atomic E-state index is 12.7. The molecule has 1 rings (SSSR count). The van der Waals surface area contributed by atoms with Gasteiger partial charge in [0.25, 0.3) is 0 Å². The van der Waals surface area contributed by atoms with Gasteiger partial charge in [-0.05, 0) is 24.0 Å². The quantitative estimate of drug-likeness (QED) is 0.736. The number of nitrogens with zero attached hydrogens (tertiary/aromatic N) is 2. The number of ether oxygens (including phenoxy) is 1. The Morgan fingerprint density at radius 3 is 2.69 bits per heavy atom. The van der Waals surface area contributed by atoms with Gasteiger partial charge >= 0.3 is 0 Å². The molecular formula is C12H15FN2O. The third-order valence-corrected chi connectivity index (χ3v) is 2.57. The lowest BCUT2D eigenvalue weighted by Crippen LogP contribution is -2.14. The van der Waals surface area contributed by atoms with Crippen LogP contribution in [0, 0.1) is 29.1 Å². The molecule has 0 radical (unpaired) electrons. The van der Waals surface area contributed by atoms with Gasteiger partial charge in [0.1, 0.15) is 6.07 Å². The molecule has 0 spiro atoms. The van der Waals surface area contributed by atoms with Gasteiger partial charge in [-0.3, -0.25) is 0 Å². The summed E-state index contributed by atoms with van der Waals surface area (Å²) >= 11 is 0. The lowest BCUT2D eigenvalue weighted by Gasteiger charge is -2.16. The molecule has 0 N–H and O–H groups in total. The minimum absolute atomic E-state index is 0.00374. The Hall–Kier alpha value is -1.63. The molecule has 0 aliphatic heterocycles. The van der Waals surface area contributed by atoms with Gasteiger partial charge in [-0.15, -0.1) is 0 Å². The topological polar surface area (TPSA) is 45.9 Å². The van der Waals surface area contributed by atoms with Crippen molar-refractivity contribution in [2.24, 2.45) is 11.8 Å². The summed E-state index contributed by atoms with van der Waals surface area (Å²) in [5, 5.41) is 8.76. The van der Waals surface area contributed by atoms with Crippen LogP contribution in [0.15, 0.2) is 12.1 Å². The molecule has 0 fully saturated rings. The third kappa shape index (κ3) is 3.20. The third-order valence-electron chi connectivity index (χ3n) is 2.57. The molecule has 1 aromatic rings. The highest BCUT2D eigenvalue weighted by atomic mass is 19.1. The lowest BCUT2D eigenvalue weighted by atomic mass is 9.99. The summed E-state index contributed by atoms with van der Waals surface area (Å²) in [7, 11) is 0. The van der Waals surface area contributed by atoms with E-state index in [9.17, 15) is 4.39 Å². The molecule has 1 atom stereocenters. The van der Waals surface area contributed by atoms with Crippen molar-refractivity contribution in [3.63, 3.8) is 0 Å². The van der Waals surface area contributed by atoms with Crippen LogP contribution in [-0.4, -0.2) is 11.6 Å². The van der Waals surface area contributed by atoms with Crippen molar-refractivity contribution < 1.29 is 9.13 Å². The highest BCUT2D eigenvalue weighted by Gasteiger charge is 2.11. The van der Waals surface area contributed by atoms with E-state index in [-0.39, 0.29) is 5.69 Å². The fourth-order valence-electron chi connectivity index (χ4n) is 1.03. The maximum Gasteiger partial charge on any atom is 0.214 e. The van der Waals surface area contributed by atoms with Crippen LogP contribution in [-0.2, 0) is 0 Å². The number of hydrogen-bond acceptors (Lipinski definition) is 3. The van der Waals surface area contributed by atoms with E-state index in [4.69, 9.17) is 10.00 Å². The summed E-state index contributed by atoms with van der Waals surface area (Å²) < 4.78 is 18.2. The molecular weight excluding hydrogens is 207 g/mol. The first kappa shape index (κ1) is 12.4. The molecule has 1 heterocycles. The molecule has 0 bridgehead atoms. The number of hydrogen-bond donors (Lipinski definition) is 0. The van der Waals surface area contributed by atoms with E-state index in [2.05, 4.69) is 25.8 Å². The summed E-state index contributed by atoms with van der Waals surface area (Å²) in [4.78, 5) is 3.46. The van der Waals surface area contributed by atoms with Gasteiger partial charge < -0.3 is 4.74 Å². The van der Waals surface area contributed by atoms with E-state index in [1.54, 1.807) is 0 Å². The highest BCUT2D eigenvalue weighted by molar-refractivity contribution is 5.36. The second-order valence-corrected chi connectivity index (χ2v) is 4.12. The van der Waals surface area contributed by atoms with Gasteiger partial charge in [-0.2, -0.15) is 9.65 Å². The van der Waals surface area contributed by atoms with Crippen molar-refractivity contribution in [1.29, 1.82) is 5.26 Å². The van der Waals surface area contributed by atoms with E-state index in [0.29, 0.717) is 24.2 Å². The number of nitriles is 1. The number of pyridine rings is 1. The Kier molecular flexibility index (Phi) is 4.24. The average Bonchev–Trinajstić information content (AvgIpc) is 2.26. The number of aromatic nitrogens is 1. The monoisotopic (exact) mass is 222 g/mol. The first-order valence-corrected chi connectivity index (χ1v) is 5.24. The molecule has 0 aliphatic rings. The van der Waals surface area contributed by atoms with Gasteiger partial charge in [0.15, 0.2) is 11.4 Å². The van der Waals surface area contributed by atoms with Crippen LogP contribution in [0.25, 0.3) is 0 Å². The van der Waals surface area contributed by atoms with Gasteiger partial charge in [-0.1, -0.05) is 20.8 Å². The molecule has 0 aliphatic carbocycles. The minimum Gasteiger partial charge on any atom is -0.490 e. The van der Waals surface area contributed by atoms with Gasteiger partial charge in [0.2, 0.25) is 5.95 Å². The van der Waals surface area contributed by atoms with E-state index in [1.165, 1.54) is 12.1 Å². The molecule has 0 saturated heterocycles.